The summed E-state index contributed by atoms with van der Waals surface area (Å²) in [5.74, 6) is -2.08. The van der Waals surface area contributed by atoms with Crippen LogP contribution in [0.5, 0.6) is 17.2 Å². The molecule has 0 spiro atoms. The molecular weight excluding hydrogens is 306 g/mol. The van der Waals surface area contributed by atoms with Gasteiger partial charge in [0.25, 0.3) is 5.91 Å². The Labute approximate surface area is 129 Å². The van der Waals surface area contributed by atoms with Crippen molar-refractivity contribution < 1.29 is 25.0 Å². The summed E-state index contributed by atoms with van der Waals surface area (Å²) in [4.78, 5) is 21.7. The number of aromatic hydroxyl groups is 3. The first kappa shape index (κ1) is 15.8. The minimum atomic E-state index is -0.827. The Morgan fingerprint density at radius 3 is 2.48 bits per heavy atom. The minimum Gasteiger partial charge on any atom is -0.507 e. The molecule has 0 aromatic heterocycles. The van der Waals surface area contributed by atoms with Crippen LogP contribution in [0.2, 0.25) is 0 Å². The highest BCUT2D eigenvalue weighted by molar-refractivity contribution is 5.97. The molecule has 1 amide bonds. The van der Waals surface area contributed by atoms with Crippen LogP contribution in [0.15, 0.2) is 41.5 Å². The molecular formula is C14H11N3O6. The fourth-order valence-corrected chi connectivity index (χ4v) is 1.72. The zero-order valence-electron chi connectivity index (χ0n) is 11.5. The maximum absolute atomic E-state index is 11.8. The van der Waals surface area contributed by atoms with Gasteiger partial charge in [0, 0.05) is 17.7 Å². The molecule has 0 fully saturated rings. The second-order valence-corrected chi connectivity index (χ2v) is 4.37. The lowest BCUT2D eigenvalue weighted by Gasteiger charge is -2.03. The highest BCUT2D eigenvalue weighted by atomic mass is 16.6. The number of carbonyl (C=O) groups is 1. The summed E-state index contributed by atoms with van der Waals surface area (Å²) in [5.41, 5.74) is 1.41. The molecule has 0 unspecified atom stereocenters. The van der Waals surface area contributed by atoms with Gasteiger partial charge in [-0.25, -0.2) is 5.43 Å². The number of para-hydroxylation sites is 1. The minimum absolute atomic E-state index is 0.00874. The average molecular weight is 317 g/mol. The van der Waals surface area contributed by atoms with Crippen LogP contribution < -0.4 is 5.43 Å². The van der Waals surface area contributed by atoms with Gasteiger partial charge < -0.3 is 15.3 Å². The van der Waals surface area contributed by atoms with Crippen molar-refractivity contribution in [3.63, 3.8) is 0 Å². The first-order valence-corrected chi connectivity index (χ1v) is 6.22. The van der Waals surface area contributed by atoms with E-state index in [0.717, 1.165) is 18.3 Å². The van der Waals surface area contributed by atoms with Crippen LogP contribution in [0.25, 0.3) is 0 Å². The number of hydrogen-bond donors (Lipinski definition) is 4. The summed E-state index contributed by atoms with van der Waals surface area (Å²) >= 11 is 0. The van der Waals surface area contributed by atoms with E-state index < -0.39 is 28.0 Å². The first-order valence-electron chi connectivity index (χ1n) is 6.22. The van der Waals surface area contributed by atoms with Crippen LogP contribution in [0, 0.1) is 10.1 Å². The molecule has 0 aliphatic carbocycles. The lowest BCUT2D eigenvalue weighted by atomic mass is 10.2. The summed E-state index contributed by atoms with van der Waals surface area (Å²) in [6, 6.07) is 7.50. The molecule has 118 valence electrons. The number of nitro benzene ring substituents is 1. The van der Waals surface area contributed by atoms with E-state index in [9.17, 15) is 30.2 Å². The summed E-state index contributed by atoms with van der Waals surface area (Å²) in [7, 11) is 0. The maximum Gasteiger partial charge on any atom is 0.311 e. The van der Waals surface area contributed by atoms with E-state index in [1.807, 2.05) is 0 Å². The van der Waals surface area contributed by atoms with Crippen molar-refractivity contribution in [2.75, 3.05) is 0 Å². The number of nitrogens with one attached hydrogen (secondary N) is 1. The number of phenolic OH excluding ortho intramolecular Hbond substituents is 3. The van der Waals surface area contributed by atoms with Crippen LogP contribution in [0.1, 0.15) is 15.9 Å². The van der Waals surface area contributed by atoms with Crippen LogP contribution in [-0.4, -0.2) is 32.4 Å². The van der Waals surface area contributed by atoms with E-state index in [2.05, 4.69) is 10.5 Å². The average Bonchev–Trinajstić information content (AvgIpc) is 2.49. The molecule has 2 rings (SSSR count). The zero-order valence-corrected chi connectivity index (χ0v) is 11.5. The van der Waals surface area contributed by atoms with E-state index in [1.54, 1.807) is 12.1 Å². The van der Waals surface area contributed by atoms with Crippen molar-refractivity contribution in [2.24, 2.45) is 5.10 Å². The molecule has 0 aliphatic heterocycles. The van der Waals surface area contributed by atoms with Gasteiger partial charge in [-0.15, -0.1) is 0 Å². The number of carbonyl (C=O) groups excluding carboxylic acids is 1. The normalized spacial score (nSPS) is 10.6. The second-order valence-electron chi connectivity index (χ2n) is 4.37. The Kier molecular flexibility index (Phi) is 4.41. The predicted molar refractivity (Wildman–Crippen MR) is 79.6 cm³/mol. The molecule has 0 saturated carbocycles. The van der Waals surface area contributed by atoms with Crippen LogP contribution in [0.4, 0.5) is 5.69 Å². The predicted octanol–water partition coefficient (Wildman–Crippen LogP) is 1.48. The molecule has 2 aromatic carbocycles. The number of hydrogen-bond acceptors (Lipinski definition) is 7. The van der Waals surface area contributed by atoms with Crippen molar-refractivity contribution in [3.05, 3.63) is 57.6 Å². The smallest absolute Gasteiger partial charge is 0.311 e. The Bertz CT molecular complexity index is 803. The van der Waals surface area contributed by atoms with Gasteiger partial charge in [0.2, 0.25) is 0 Å². The number of phenols is 3. The van der Waals surface area contributed by atoms with Gasteiger partial charge in [0.05, 0.1) is 16.7 Å². The van der Waals surface area contributed by atoms with Crippen molar-refractivity contribution in [3.8, 4) is 17.2 Å². The van der Waals surface area contributed by atoms with Gasteiger partial charge in [-0.1, -0.05) is 12.1 Å². The van der Waals surface area contributed by atoms with Crippen molar-refractivity contribution in [1.82, 2.24) is 5.43 Å². The van der Waals surface area contributed by atoms with E-state index in [4.69, 9.17) is 0 Å². The molecule has 0 heterocycles. The third-order valence-electron chi connectivity index (χ3n) is 2.84. The molecule has 0 aliphatic rings. The van der Waals surface area contributed by atoms with Crippen LogP contribution >= 0.6 is 0 Å². The molecule has 23 heavy (non-hydrogen) atoms. The maximum atomic E-state index is 11.8. The van der Waals surface area contributed by atoms with Gasteiger partial charge in [0.15, 0.2) is 5.75 Å². The van der Waals surface area contributed by atoms with Crippen molar-refractivity contribution in [1.29, 1.82) is 0 Å². The number of nitro groups is 1. The fourth-order valence-electron chi connectivity index (χ4n) is 1.72. The van der Waals surface area contributed by atoms with Crippen LogP contribution in [0.3, 0.4) is 0 Å². The SMILES string of the molecule is O=C(N/N=C/c1cc([N+](=O)[O-])c(O)cc1O)c1ccccc1O. The molecule has 0 atom stereocenters. The summed E-state index contributed by atoms with van der Waals surface area (Å²) in [6.45, 7) is 0. The summed E-state index contributed by atoms with van der Waals surface area (Å²) in [5, 5.41) is 42.7. The number of benzene rings is 2. The molecule has 0 bridgehead atoms. The Hall–Kier alpha value is -3.62. The monoisotopic (exact) mass is 317 g/mol. The third-order valence-corrected chi connectivity index (χ3v) is 2.84. The lowest BCUT2D eigenvalue weighted by molar-refractivity contribution is -0.385. The quantitative estimate of drug-likeness (QED) is 0.381. The van der Waals surface area contributed by atoms with E-state index in [1.165, 1.54) is 12.1 Å². The summed E-state index contributed by atoms with van der Waals surface area (Å²) < 4.78 is 0. The molecule has 0 saturated heterocycles. The third kappa shape index (κ3) is 3.53. The lowest BCUT2D eigenvalue weighted by Crippen LogP contribution is -2.17. The highest BCUT2D eigenvalue weighted by Gasteiger charge is 2.16. The summed E-state index contributed by atoms with van der Waals surface area (Å²) in [6.07, 6.45) is 0.972. The largest absolute Gasteiger partial charge is 0.507 e. The van der Waals surface area contributed by atoms with E-state index in [0.29, 0.717) is 0 Å². The van der Waals surface area contributed by atoms with E-state index in [-0.39, 0.29) is 16.9 Å². The molecule has 9 heteroatoms. The number of hydrazone groups is 1. The Morgan fingerprint density at radius 1 is 1.13 bits per heavy atom. The first-order chi connectivity index (χ1) is 10.9. The fraction of sp³-hybridized carbons (Fsp3) is 0. The van der Waals surface area contributed by atoms with Crippen LogP contribution in [-0.2, 0) is 0 Å². The van der Waals surface area contributed by atoms with Crippen molar-refractivity contribution >= 4 is 17.8 Å². The van der Waals surface area contributed by atoms with Gasteiger partial charge in [-0.05, 0) is 12.1 Å². The van der Waals surface area contributed by atoms with Gasteiger partial charge in [0.1, 0.15) is 11.5 Å². The van der Waals surface area contributed by atoms with Gasteiger partial charge >= 0.3 is 5.69 Å². The number of amides is 1. The molecule has 0 radical (unpaired) electrons. The molecule has 4 N–H and O–H groups in total. The number of rotatable bonds is 4. The molecule has 2 aromatic rings. The van der Waals surface area contributed by atoms with Gasteiger partial charge in [-0.3, -0.25) is 14.9 Å². The highest BCUT2D eigenvalue weighted by Crippen LogP contribution is 2.31. The Morgan fingerprint density at radius 2 is 1.83 bits per heavy atom. The zero-order chi connectivity index (χ0) is 17.0. The standard InChI is InChI=1S/C14H11N3O6/c18-11-4-2-1-3-9(11)14(21)16-15-7-8-5-10(17(22)23)13(20)6-12(8)19/h1-7,18-20H,(H,16,21)/b15-7+. The molecule has 9 nitrogen and oxygen atoms in total. The second kappa shape index (κ2) is 6.43. The van der Waals surface area contributed by atoms with E-state index >= 15 is 0 Å². The number of nitrogens with zero attached hydrogens (tertiary/aromatic N) is 2. The topological polar surface area (TPSA) is 145 Å². The van der Waals surface area contributed by atoms with Crippen molar-refractivity contribution in [2.45, 2.75) is 0 Å². The van der Waals surface area contributed by atoms with Gasteiger partial charge in [-0.2, -0.15) is 5.10 Å². The Balaban J connectivity index is 2.18.